The Labute approximate surface area is 176 Å². The van der Waals surface area contributed by atoms with E-state index in [2.05, 4.69) is 20.2 Å². The third-order valence-electron chi connectivity index (χ3n) is 5.48. The summed E-state index contributed by atoms with van der Waals surface area (Å²) in [6, 6.07) is 15.5. The van der Waals surface area contributed by atoms with Crippen LogP contribution in [-0.4, -0.2) is 25.9 Å². The third-order valence-corrected chi connectivity index (χ3v) is 5.48. The van der Waals surface area contributed by atoms with E-state index in [0.29, 0.717) is 33.7 Å². The van der Waals surface area contributed by atoms with Gasteiger partial charge in [0.15, 0.2) is 11.6 Å². The second kappa shape index (κ2) is 7.43. The summed E-state index contributed by atoms with van der Waals surface area (Å²) in [7, 11) is 0. The van der Waals surface area contributed by atoms with Gasteiger partial charge in [-0.2, -0.15) is 5.10 Å². The summed E-state index contributed by atoms with van der Waals surface area (Å²) < 4.78 is 28.2. The Morgan fingerprint density at radius 3 is 2.74 bits per heavy atom. The van der Waals surface area contributed by atoms with Gasteiger partial charge in [0.05, 0.1) is 16.6 Å². The van der Waals surface area contributed by atoms with Crippen LogP contribution in [0.25, 0.3) is 33.5 Å². The molecule has 0 spiro atoms. The molecule has 154 valence electrons. The number of H-pyrrole nitrogens is 2. The summed E-state index contributed by atoms with van der Waals surface area (Å²) in [5.41, 5.74) is 3.78. The first-order valence-electron chi connectivity index (χ1n) is 9.91. The first kappa shape index (κ1) is 19.1. The van der Waals surface area contributed by atoms with Crippen LogP contribution in [0.4, 0.5) is 8.78 Å². The van der Waals surface area contributed by atoms with E-state index in [0.717, 1.165) is 10.9 Å². The van der Waals surface area contributed by atoms with Crippen molar-refractivity contribution in [3.63, 3.8) is 0 Å². The summed E-state index contributed by atoms with van der Waals surface area (Å²) in [6.07, 6.45) is 0.0114. The molecule has 0 saturated carbocycles. The van der Waals surface area contributed by atoms with E-state index in [1.54, 1.807) is 25.1 Å². The van der Waals surface area contributed by atoms with Crippen molar-refractivity contribution in [2.75, 3.05) is 0 Å². The second-order valence-electron chi connectivity index (χ2n) is 7.52. The van der Waals surface area contributed by atoms with E-state index in [9.17, 15) is 13.6 Å². The van der Waals surface area contributed by atoms with E-state index in [4.69, 9.17) is 0 Å². The maximum Gasteiger partial charge on any atom is 0.163 e. The average molecular weight is 416 g/mol. The number of para-hydroxylation sites is 1. The molecule has 0 bridgehead atoms. The summed E-state index contributed by atoms with van der Waals surface area (Å²) in [6.45, 7) is 1.58. The van der Waals surface area contributed by atoms with Gasteiger partial charge in [0.1, 0.15) is 17.3 Å². The van der Waals surface area contributed by atoms with Crippen molar-refractivity contribution in [1.29, 1.82) is 0 Å². The smallest absolute Gasteiger partial charge is 0.163 e. The van der Waals surface area contributed by atoms with Crippen molar-refractivity contribution in [2.24, 2.45) is 0 Å². The number of carbonyl (C=O) groups is 1. The first-order valence-corrected chi connectivity index (χ1v) is 9.91. The number of aromatic nitrogens is 4. The van der Waals surface area contributed by atoms with Crippen LogP contribution < -0.4 is 0 Å². The number of rotatable bonds is 5. The van der Waals surface area contributed by atoms with Crippen molar-refractivity contribution in [2.45, 2.75) is 19.8 Å². The van der Waals surface area contributed by atoms with E-state index >= 15 is 0 Å². The number of fused-ring (bicyclic) bond motifs is 2. The van der Waals surface area contributed by atoms with Crippen molar-refractivity contribution in [3.8, 4) is 11.5 Å². The Hall–Kier alpha value is -3.87. The molecule has 5 rings (SSSR count). The minimum absolute atomic E-state index is 0.00367. The fourth-order valence-electron chi connectivity index (χ4n) is 3.77. The zero-order chi connectivity index (χ0) is 21.5. The zero-order valence-corrected chi connectivity index (χ0v) is 16.7. The lowest BCUT2D eigenvalue weighted by molar-refractivity contribution is 0.0982. The number of nitrogens with one attached hydrogen (secondary N) is 2. The molecular weight excluding hydrogens is 398 g/mol. The molecule has 0 saturated heterocycles. The van der Waals surface area contributed by atoms with Crippen LogP contribution in [0.1, 0.15) is 27.9 Å². The Kier molecular flexibility index (Phi) is 4.58. The number of ketones is 1. The van der Waals surface area contributed by atoms with Crippen LogP contribution in [0, 0.1) is 18.6 Å². The number of aryl methyl sites for hydroxylation is 1. The monoisotopic (exact) mass is 416 g/mol. The van der Waals surface area contributed by atoms with Gasteiger partial charge in [0, 0.05) is 22.9 Å². The predicted molar refractivity (Wildman–Crippen MR) is 115 cm³/mol. The number of hydrogen-bond acceptors (Lipinski definition) is 3. The highest BCUT2D eigenvalue weighted by molar-refractivity contribution is 6.00. The molecule has 3 aromatic carbocycles. The van der Waals surface area contributed by atoms with E-state index < -0.39 is 11.6 Å². The maximum absolute atomic E-state index is 14.2. The average Bonchev–Trinajstić information content (AvgIpc) is 3.39. The fourth-order valence-corrected chi connectivity index (χ4v) is 3.77. The van der Waals surface area contributed by atoms with Crippen LogP contribution in [0.3, 0.4) is 0 Å². The Morgan fingerprint density at radius 2 is 1.87 bits per heavy atom. The van der Waals surface area contributed by atoms with Gasteiger partial charge in [-0.15, -0.1) is 0 Å². The number of carbonyl (C=O) groups excluding carboxylic acids is 1. The number of halogens is 2. The van der Waals surface area contributed by atoms with Crippen LogP contribution >= 0.6 is 0 Å². The van der Waals surface area contributed by atoms with Gasteiger partial charge in [-0.1, -0.05) is 24.3 Å². The quantitative estimate of drug-likeness (QED) is 0.371. The minimum atomic E-state index is -0.629. The van der Waals surface area contributed by atoms with Gasteiger partial charge in [-0.25, -0.2) is 13.8 Å². The molecular formula is C24H18F2N4O. The fraction of sp³-hybridized carbons (Fsp3) is 0.125. The Morgan fingerprint density at radius 1 is 1.03 bits per heavy atom. The summed E-state index contributed by atoms with van der Waals surface area (Å²) >= 11 is 0. The number of imidazole rings is 1. The van der Waals surface area contributed by atoms with Crippen molar-refractivity contribution in [3.05, 3.63) is 82.9 Å². The van der Waals surface area contributed by atoms with Crippen LogP contribution in [0.15, 0.2) is 54.6 Å². The topological polar surface area (TPSA) is 74.4 Å². The van der Waals surface area contributed by atoms with Gasteiger partial charge >= 0.3 is 0 Å². The Bertz CT molecular complexity index is 1450. The van der Waals surface area contributed by atoms with Gasteiger partial charge in [-0.05, 0) is 49.2 Å². The summed E-state index contributed by atoms with van der Waals surface area (Å²) in [4.78, 5) is 20.5. The largest absolute Gasteiger partial charge is 0.337 e. The molecule has 0 fully saturated rings. The molecule has 2 N–H and O–H groups in total. The van der Waals surface area contributed by atoms with Crippen molar-refractivity contribution >= 4 is 27.7 Å². The Balaban J connectivity index is 1.41. The van der Waals surface area contributed by atoms with Gasteiger partial charge in [0.2, 0.25) is 0 Å². The van der Waals surface area contributed by atoms with Gasteiger partial charge in [-0.3, -0.25) is 9.89 Å². The van der Waals surface area contributed by atoms with Gasteiger partial charge in [0.25, 0.3) is 0 Å². The zero-order valence-electron chi connectivity index (χ0n) is 16.7. The molecule has 0 unspecified atom stereocenters. The third kappa shape index (κ3) is 3.38. The summed E-state index contributed by atoms with van der Waals surface area (Å²) in [5, 5.41) is 8.27. The maximum atomic E-state index is 14.2. The van der Waals surface area contributed by atoms with Crippen molar-refractivity contribution < 1.29 is 13.6 Å². The SMILES string of the molecule is Cc1ccc(F)c(CCC(=O)c2ccc3nc(-c4n[nH]c5ccccc45)[nH]c3c2)c1F. The highest BCUT2D eigenvalue weighted by Gasteiger charge is 2.16. The van der Waals surface area contributed by atoms with Gasteiger partial charge < -0.3 is 4.98 Å². The van der Waals surface area contributed by atoms with Crippen LogP contribution in [0.2, 0.25) is 0 Å². The molecule has 2 heterocycles. The van der Waals surface area contributed by atoms with E-state index in [-0.39, 0.29) is 24.2 Å². The highest BCUT2D eigenvalue weighted by atomic mass is 19.1. The molecule has 5 nitrogen and oxygen atoms in total. The number of hydrogen-bond donors (Lipinski definition) is 2. The van der Waals surface area contributed by atoms with Crippen molar-refractivity contribution in [1.82, 2.24) is 20.2 Å². The molecule has 7 heteroatoms. The highest BCUT2D eigenvalue weighted by Crippen LogP contribution is 2.27. The molecule has 0 radical (unpaired) electrons. The molecule has 0 aliphatic heterocycles. The van der Waals surface area contributed by atoms with Crippen LogP contribution in [-0.2, 0) is 6.42 Å². The molecule has 0 amide bonds. The second-order valence-corrected chi connectivity index (χ2v) is 7.52. The number of nitrogens with zero attached hydrogens (tertiary/aromatic N) is 2. The predicted octanol–water partition coefficient (Wildman–Crippen LogP) is 5.51. The molecule has 0 atom stereocenters. The molecule has 31 heavy (non-hydrogen) atoms. The summed E-state index contributed by atoms with van der Waals surface area (Å²) in [5.74, 6) is -0.812. The molecule has 0 aliphatic carbocycles. The number of aromatic amines is 2. The first-order chi connectivity index (χ1) is 15.0. The number of benzene rings is 3. The lowest BCUT2D eigenvalue weighted by Crippen LogP contribution is -2.05. The lowest BCUT2D eigenvalue weighted by atomic mass is 10.0. The van der Waals surface area contributed by atoms with E-state index in [1.807, 2.05) is 24.3 Å². The molecule has 2 aromatic heterocycles. The van der Waals surface area contributed by atoms with Crippen LogP contribution in [0.5, 0.6) is 0 Å². The number of Topliss-reactive ketones (excluding diaryl/α,β-unsaturated/α-hetero) is 1. The van der Waals surface area contributed by atoms with E-state index in [1.165, 1.54) is 12.1 Å². The molecule has 5 aromatic rings. The standard InChI is InChI=1S/C24H18F2N4O/c1-13-6-9-17(25)15(22(13)26)8-11-21(31)14-7-10-19-20(12-14)28-24(27-19)23-16-4-2-3-5-18(16)29-30-23/h2-7,9-10,12H,8,11H2,1H3,(H,27,28)(H,29,30). The minimum Gasteiger partial charge on any atom is -0.337 e. The normalized spacial score (nSPS) is 11.5. The lowest BCUT2D eigenvalue weighted by Gasteiger charge is -2.07. The molecule has 0 aliphatic rings.